The third-order valence-corrected chi connectivity index (χ3v) is 3.35. The van der Waals surface area contributed by atoms with Gasteiger partial charge in [0.05, 0.1) is 6.54 Å². The molecule has 1 heterocycles. The van der Waals surface area contributed by atoms with Gasteiger partial charge in [0.25, 0.3) is 0 Å². The fourth-order valence-corrected chi connectivity index (χ4v) is 2.29. The van der Waals surface area contributed by atoms with Crippen LogP contribution >= 0.6 is 23.2 Å². The number of benzene rings is 1. The average Bonchev–Trinajstić information content (AvgIpc) is 2.85. The highest BCUT2D eigenvalue weighted by molar-refractivity contribution is 6.35. The Kier molecular flexibility index (Phi) is 4.65. The van der Waals surface area contributed by atoms with Crippen LogP contribution in [0, 0.1) is 0 Å². The van der Waals surface area contributed by atoms with Crippen LogP contribution < -0.4 is 5.32 Å². The third-order valence-electron chi connectivity index (χ3n) is 2.79. The monoisotopic (exact) mass is 314 g/mol. The van der Waals surface area contributed by atoms with E-state index >= 15 is 0 Å². The van der Waals surface area contributed by atoms with E-state index in [2.05, 4.69) is 10.5 Å². The molecule has 20 heavy (non-hydrogen) atoms. The van der Waals surface area contributed by atoms with Crippen molar-refractivity contribution in [2.45, 2.75) is 19.5 Å². The molecule has 5 nitrogen and oxygen atoms in total. The molecule has 0 bridgehead atoms. The normalized spacial score (nSPS) is 12.3. The fraction of sp³-hybridized carbons (Fsp3) is 0.231. The summed E-state index contributed by atoms with van der Waals surface area (Å²) in [6, 6.07) is 6.61. The van der Waals surface area contributed by atoms with Crippen LogP contribution in [0.4, 0.5) is 0 Å². The lowest BCUT2D eigenvalue weighted by Crippen LogP contribution is -2.18. The summed E-state index contributed by atoms with van der Waals surface area (Å²) < 4.78 is 4.91. The molecular formula is C13H12Cl2N2O3. The Hall–Kier alpha value is -1.56. The van der Waals surface area contributed by atoms with Crippen LogP contribution in [-0.4, -0.2) is 16.2 Å². The van der Waals surface area contributed by atoms with Crippen molar-refractivity contribution < 1.29 is 14.4 Å². The lowest BCUT2D eigenvalue weighted by Gasteiger charge is -2.14. The molecule has 0 saturated carbocycles. The van der Waals surface area contributed by atoms with Gasteiger partial charge in [-0.2, -0.15) is 0 Å². The third kappa shape index (κ3) is 3.50. The molecule has 0 aliphatic rings. The summed E-state index contributed by atoms with van der Waals surface area (Å²) in [5.41, 5.74) is 0.785. The van der Waals surface area contributed by atoms with Crippen molar-refractivity contribution in [2.75, 3.05) is 0 Å². The largest absolute Gasteiger partial charge is 0.476 e. The quantitative estimate of drug-likeness (QED) is 0.883. The van der Waals surface area contributed by atoms with Gasteiger partial charge in [-0.05, 0) is 24.6 Å². The van der Waals surface area contributed by atoms with E-state index < -0.39 is 5.97 Å². The number of nitrogens with one attached hydrogen (secondary N) is 1. The molecule has 2 rings (SSSR count). The molecule has 0 spiro atoms. The van der Waals surface area contributed by atoms with E-state index in [9.17, 15) is 4.79 Å². The predicted octanol–water partition coefficient (Wildman–Crippen LogP) is 3.53. The van der Waals surface area contributed by atoms with Gasteiger partial charge >= 0.3 is 5.97 Å². The molecule has 2 aromatic rings. The van der Waals surface area contributed by atoms with Crippen LogP contribution in [0.5, 0.6) is 0 Å². The summed E-state index contributed by atoms with van der Waals surface area (Å²) >= 11 is 12.0. The van der Waals surface area contributed by atoms with Crippen LogP contribution in [0.2, 0.25) is 10.0 Å². The maximum Gasteiger partial charge on any atom is 0.358 e. The number of rotatable bonds is 5. The average molecular weight is 315 g/mol. The van der Waals surface area contributed by atoms with Crippen LogP contribution in [0.15, 0.2) is 28.8 Å². The van der Waals surface area contributed by atoms with Gasteiger partial charge in [0, 0.05) is 22.2 Å². The van der Waals surface area contributed by atoms with E-state index in [0.717, 1.165) is 5.56 Å². The van der Waals surface area contributed by atoms with Gasteiger partial charge < -0.3 is 14.9 Å². The molecule has 1 aromatic heterocycles. The van der Waals surface area contributed by atoms with Crippen LogP contribution in [-0.2, 0) is 6.54 Å². The van der Waals surface area contributed by atoms with Gasteiger partial charge in [-0.1, -0.05) is 34.4 Å². The Labute approximate surface area is 125 Å². The molecule has 0 aliphatic heterocycles. The SMILES string of the molecule is CC(NCc1cc(C(=O)O)no1)c1ccc(Cl)cc1Cl. The van der Waals surface area contributed by atoms with Crippen molar-refractivity contribution in [1.82, 2.24) is 10.5 Å². The lowest BCUT2D eigenvalue weighted by atomic mass is 10.1. The Morgan fingerprint density at radius 2 is 2.20 bits per heavy atom. The lowest BCUT2D eigenvalue weighted by molar-refractivity contribution is 0.0685. The molecule has 106 valence electrons. The number of nitrogens with zero attached hydrogens (tertiary/aromatic N) is 1. The topological polar surface area (TPSA) is 75.4 Å². The first-order valence-corrected chi connectivity index (χ1v) is 6.60. The molecule has 0 aliphatic carbocycles. The minimum absolute atomic E-state index is 0.0434. The smallest absolute Gasteiger partial charge is 0.358 e. The van der Waals surface area contributed by atoms with Crippen molar-refractivity contribution in [3.05, 3.63) is 51.3 Å². The van der Waals surface area contributed by atoms with Crippen molar-refractivity contribution in [3.63, 3.8) is 0 Å². The number of carboxylic acids is 1. The summed E-state index contributed by atoms with van der Waals surface area (Å²) in [5, 5.41) is 16.5. The number of hydrogen-bond acceptors (Lipinski definition) is 4. The predicted molar refractivity (Wildman–Crippen MR) is 75.2 cm³/mol. The molecule has 0 saturated heterocycles. The second kappa shape index (κ2) is 6.26. The number of carbonyl (C=O) groups is 1. The number of aromatic nitrogens is 1. The maximum atomic E-state index is 10.7. The van der Waals surface area contributed by atoms with Crippen LogP contribution in [0.25, 0.3) is 0 Å². The molecule has 2 N–H and O–H groups in total. The number of hydrogen-bond donors (Lipinski definition) is 2. The highest BCUT2D eigenvalue weighted by Gasteiger charge is 2.13. The Balaban J connectivity index is 2.00. The minimum Gasteiger partial charge on any atom is -0.476 e. The zero-order valence-corrected chi connectivity index (χ0v) is 12.1. The van der Waals surface area contributed by atoms with E-state index in [-0.39, 0.29) is 11.7 Å². The van der Waals surface area contributed by atoms with Crippen LogP contribution in [0.3, 0.4) is 0 Å². The summed E-state index contributed by atoms with van der Waals surface area (Å²) in [6.45, 7) is 2.28. The zero-order chi connectivity index (χ0) is 14.7. The van der Waals surface area contributed by atoms with Crippen molar-refractivity contribution >= 4 is 29.2 Å². The first-order valence-electron chi connectivity index (χ1n) is 5.84. The second-order valence-corrected chi connectivity index (χ2v) is 5.10. The van der Waals surface area contributed by atoms with Gasteiger partial charge in [0.1, 0.15) is 0 Å². The van der Waals surface area contributed by atoms with Crippen molar-refractivity contribution in [1.29, 1.82) is 0 Å². The van der Waals surface area contributed by atoms with Gasteiger partial charge in [-0.3, -0.25) is 0 Å². The standard InChI is InChI=1S/C13H12Cl2N2O3/c1-7(10-3-2-8(14)4-11(10)15)16-6-9-5-12(13(18)19)17-20-9/h2-5,7,16H,6H2,1H3,(H,18,19). The number of aromatic carboxylic acids is 1. The highest BCUT2D eigenvalue weighted by Crippen LogP contribution is 2.26. The Morgan fingerprint density at radius 1 is 1.45 bits per heavy atom. The first kappa shape index (κ1) is 14.8. The minimum atomic E-state index is -1.12. The number of carboxylic acid groups (broad SMARTS) is 1. The Bertz CT molecular complexity index is 628. The van der Waals surface area contributed by atoms with E-state index in [4.69, 9.17) is 32.8 Å². The fourth-order valence-electron chi connectivity index (χ4n) is 1.71. The van der Waals surface area contributed by atoms with E-state index in [1.165, 1.54) is 6.07 Å². The van der Waals surface area contributed by atoms with Crippen LogP contribution in [0.1, 0.15) is 34.8 Å². The molecule has 1 unspecified atom stereocenters. The van der Waals surface area contributed by atoms with E-state index in [1.54, 1.807) is 12.1 Å². The Morgan fingerprint density at radius 3 is 2.80 bits per heavy atom. The van der Waals surface area contributed by atoms with Gasteiger partial charge in [0.15, 0.2) is 11.5 Å². The molecular weight excluding hydrogens is 303 g/mol. The molecule has 1 atom stereocenters. The summed E-state index contributed by atoms with van der Waals surface area (Å²) in [7, 11) is 0. The number of halogens is 2. The van der Waals surface area contributed by atoms with E-state index in [1.807, 2.05) is 13.0 Å². The summed E-state index contributed by atoms with van der Waals surface area (Å²) in [4.78, 5) is 10.7. The summed E-state index contributed by atoms with van der Waals surface area (Å²) in [5.74, 6) is -0.673. The second-order valence-electron chi connectivity index (χ2n) is 4.25. The van der Waals surface area contributed by atoms with Crippen molar-refractivity contribution in [2.24, 2.45) is 0 Å². The molecule has 1 aromatic carbocycles. The summed E-state index contributed by atoms with van der Waals surface area (Å²) in [6.07, 6.45) is 0. The molecule has 0 fully saturated rings. The van der Waals surface area contributed by atoms with Gasteiger partial charge in [-0.15, -0.1) is 0 Å². The van der Waals surface area contributed by atoms with Gasteiger partial charge in [-0.25, -0.2) is 4.79 Å². The van der Waals surface area contributed by atoms with E-state index in [0.29, 0.717) is 22.4 Å². The molecule has 0 amide bonds. The molecule has 7 heteroatoms. The maximum absolute atomic E-state index is 10.7. The van der Waals surface area contributed by atoms with Gasteiger partial charge in [0.2, 0.25) is 0 Å². The van der Waals surface area contributed by atoms with Crippen molar-refractivity contribution in [3.8, 4) is 0 Å². The highest BCUT2D eigenvalue weighted by atomic mass is 35.5. The first-order chi connectivity index (χ1) is 9.47. The molecule has 0 radical (unpaired) electrons. The zero-order valence-electron chi connectivity index (χ0n) is 10.6.